The highest BCUT2D eigenvalue weighted by Gasteiger charge is 2.06. The van der Waals surface area contributed by atoms with Crippen molar-refractivity contribution in [3.05, 3.63) is 82.1 Å². The molecule has 0 saturated carbocycles. The van der Waals surface area contributed by atoms with Crippen LogP contribution in [0.25, 0.3) is 21.8 Å². The first-order valence-electron chi connectivity index (χ1n) is 8.29. The van der Waals surface area contributed by atoms with E-state index in [0.29, 0.717) is 15.6 Å². The van der Waals surface area contributed by atoms with E-state index in [2.05, 4.69) is 14.7 Å². The summed E-state index contributed by atoms with van der Waals surface area (Å²) >= 11 is 11.5. The number of hydrogen-bond donors (Lipinski definition) is 1. The molecule has 0 radical (unpaired) electrons. The zero-order valence-corrected chi connectivity index (χ0v) is 16.6. The number of esters is 1. The maximum absolute atomic E-state index is 11.3. The summed E-state index contributed by atoms with van der Waals surface area (Å²) in [6, 6.07) is 13.3. The van der Waals surface area contributed by atoms with Crippen molar-refractivity contribution in [2.24, 2.45) is 0 Å². The Morgan fingerprint density at radius 2 is 1.31 bits per heavy atom. The van der Waals surface area contributed by atoms with Gasteiger partial charge >= 0.3 is 11.9 Å². The molecule has 0 aliphatic rings. The lowest BCUT2D eigenvalue weighted by molar-refractivity contribution is 0.0600. The van der Waals surface area contributed by atoms with E-state index >= 15 is 0 Å². The fourth-order valence-corrected chi connectivity index (χ4v) is 2.92. The van der Waals surface area contributed by atoms with Crippen LogP contribution in [0.5, 0.6) is 0 Å². The quantitative estimate of drug-likeness (QED) is 0.437. The fourth-order valence-electron chi connectivity index (χ4n) is 2.59. The number of fused-ring (bicyclic) bond motifs is 2. The summed E-state index contributed by atoms with van der Waals surface area (Å²) in [4.78, 5) is 30.1. The van der Waals surface area contributed by atoms with E-state index in [1.54, 1.807) is 48.7 Å². The third kappa shape index (κ3) is 4.99. The predicted molar refractivity (Wildman–Crippen MR) is 112 cm³/mol. The molecule has 6 nitrogen and oxygen atoms in total. The third-order valence-electron chi connectivity index (χ3n) is 3.96. The minimum Gasteiger partial charge on any atom is -0.478 e. The minimum absolute atomic E-state index is 0.238. The van der Waals surface area contributed by atoms with E-state index in [4.69, 9.17) is 28.3 Å². The van der Waals surface area contributed by atoms with Crippen LogP contribution < -0.4 is 0 Å². The summed E-state index contributed by atoms with van der Waals surface area (Å²) in [5.41, 5.74) is 2.27. The highest BCUT2D eigenvalue weighted by Crippen LogP contribution is 2.19. The lowest BCUT2D eigenvalue weighted by atomic mass is 10.1. The van der Waals surface area contributed by atoms with Crippen LogP contribution in [0.2, 0.25) is 10.0 Å². The number of nitrogens with zero attached hydrogens (tertiary/aromatic N) is 2. The van der Waals surface area contributed by atoms with E-state index in [-0.39, 0.29) is 11.5 Å². The van der Waals surface area contributed by atoms with Gasteiger partial charge in [-0.05, 0) is 48.5 Å². The molecule has 2 heterocycles. The van der Waals surface area contributed by atoms with E-state index in [1.165, 1.54) is 19.4 Å². The van der Waals surface area contributed by atoms with Gasteiger partial charge in [0.1, 0.15) is 0 Å². The second-order valence-electron chi connectivity index (χ2n) is 5.92. The summed E-state index contributed by atoms with van der Waals surface area (Å²) in [6.45, 7) is 0. The largest absolute Gasteiger partial charge is 0.478 e. The number of ether oxygens (including phenoxy) is 1. The van der Waals surface area contributed by atoms with Crippen LogP contribution in [0, 0.1) is 0 Å². The van der Waals surface area contributed by atoms with Crippen LogP contribution in [0.1, 0.15) is 20.7 Å². The molecule has 29 heavy (non-hydrogen) atoms. The van der Waals surface area contributed by atoms with Gasteiger partial charge in [-0.15, -0.1) is 0 Å². The molecule has 0 aliphatic heterocycles. The Balaban J connectivity index is 0.000000166. The Bertz CT molecular complexity index is 1230. The van der Waals surface area contributed by atoms with Crippen molar-refractivity contribution in [1.29, 1.82) is 0 Å². The van der Waals surface area contributed by atoms with Crippen molar-refractivity contribution >= 4 is 56.9 Å². The Morgan fingerprint density at radius 1 is 0.828 bits per heavy atom. The van der Waals surface area contributed by atoms with Crippen molar-refractivity contribution in [1.82, 2.24) is 9.97 Å². The van der Waals surface area contributed by atoms with Gasteiger partial charge in [-0.3, -0.25) is 9.97 Å². The molecule has 0 atom stereocenters. The van der Waals surface area contributed by atoms with Crippen molar-refractivity contribution in [2.75, 3.05) is 7.11 Å². The number of hydrogen-bond acceptors (Lipinski definition) is 5. The zero-order chi connectivity index (χ0) is 21.0. The number of benzene rings is 2. The molecule has 2 aromatic heterocycles. The number of pyridine rings is 2. The summed E-state index contributed by atoms with van der Waals surface area (Å²) in [5.74, 6) is -1.32. The molecular weight excluding hydrogens is 415 g/mol. The Labute approximate surface area is 175 Å². The smallest absolute Gasteiger partial charge is 0.337 e. The Morgan fingerprint density at radius 3 is 1.79 bits per heavy atom. The van der Waals surface area contributed by atoms with Gasteiger partial charge in [-0.2, -0.15) is 0 Å². The van der Waals surface area contributed by atoms with Crippen molar-refractivity contribution < 1.29 is 19.4 Å². The van der Waals surface area contributed by atoms with Crippen LogP contribution in [0.15, 0.2) is 60.9 Å². The molecule has 0 unspecified atom stereocenters. The Hall–Kier alpha value is -3.22. The van der Waals surface area contributed by atoms with E-state index < -0.39 is 5.97 Å². The topological polar surface area (TPSA) is 89.4 Å². The third-order valence-corrected chi connectivity index (χ3v) is 4.38. The molecule has 4 rings (SSSR count). The predicted octanol–water partition coefficient (Wildman–Crippen LogP) is 5.26. The van der Waals surface area contributed by atoms with Gasteiger partial charge < -0.3 is 9.84 Å². The molecule has 4 aromatic rings. The number of methoxy groups -OCH3 is 1. The fraction of sp³-hybridized carbons (Fsp3) is 0.0476. The van der Waals surface area contributed by atoms with Crippen LogP contribution in [-0.4, -0.2) is 34.1 Å². The SMILES string of the molecule is COC(=O)c1ccc2ncc(Cl)cc2c1.O=C(O)c1ccc2ncc(Cl)cc2c1. The van der Waals surface area contributed by atoms with Crippen molar-refractivity contribution in [3.8, 4) is 0 Å². The zero-order valence-electron chi connectivity index (χ0n) is 15.1. The van der Waals surface area contributed by atoms with Gasteiger partial charge in [-0.25, -0.2) is 9.59 Å². The maximum Gasteiger partial charge on any atom is 0.337 e. The lowest BCUT2D eigenvalue weighted by Gasteiger charge is -2.01. The molecule has 0 spiro atoms. The van der Waals surface area contributed by atoms with Crippen LogP contribution >= 0.6 is 23.2 Å². The summed E-state index contributed by atoms with van der Waals surface area (Å²) in [6.07, 6.45) is 3.10. The molecule has 8 heteroatoms. The molecule has 0 aliphatic carbocycles. The van der Waals surface area contributed by atoms with Gasteiger partial charge in [0.2, 0.25) is 0 Å². The van der Waals surface area contributed by atoms with Gasteiger partial charge in [0.25, 0.3) is 0 Å². The number of rotatable bonds is 2. The van der Waals surface area contributed by atoms with Gasteiger partial charge in [0.15, 0.2) is 0 Å². The van der Waals surface area contributed by atoms with Crippen LogP contribution in [-0.2, 0) is 4.74 Å². The second kappa shape index (κ2) is 8.86. The first-order chi connectivity index (χ1) is 13.9. The van der Waals surface area contributed by atoms with Gasteiger partial charge in [-0.1, -0.05) is 23.2 Å². The van der Waals surface area contributed by atoms with Gasteiger partial charge in [0, 0.05) is 23.2 Å². The highest BCUT2D eigenvalue weighted by atomic mass is 35.5. The maximum atomic E-state index is 11.3. The molecule has 0 saturated heterocycles. The number of aromatic nitrogens is 2. The number of carboxylic acids is 1. The number of carbonyl (C=O) groups excluding carboxylic acids is 1. The summed E-state index contributed by atoms with van der Waals surface area (Å²) in [5, 5.41) is 11.4. The average Bonchev–Trinajstić information content (AvgIpc) is 2.72. The number of halogens is 2. The van der Waals surface area contributed by atoms with Crippen molar-refractivity contribution in [3.63, 3.8) is 0 Å². The molecule has 0 amide bonds. The van der Waals surface area contributed by atoms with Crippen molar-refractivity contribution in [2.45, 2.75) is 0 Å². The number of aromatic carboxylic acids is 1. The van der Waals surface area contributed by atoms with Crippen LogP contribution in [0.3, 0.4) is 0 Å². The highest BCUT2D eigenvalue weighted by molar-refractivity contribution is 6.31. The first kappa shape index (κ1) is 20.5. The van der Waals surface area contributed by atoms with Crippen LogP contribution in [0.4, 0.5) is 0 Å². The molecule has 0 bridgehead atoms. The van der Waals surface area contributed by atoms with E-state index in [9.17, 15) is 9.59 Å². The standard InChI is InChI=1S/C11H8ClNO2.C10H6ClNO2/c1-15-11(14)7-2-3-10-8(4-7)5-9(12)6-13-10;11-8-4-7-3-6(10(13)14)1-2-9(7)12-5-8/h2-6H,1H3;1-5H,(H,13,14). The molecule has 1 N–H and O–H groups in total. The second-order valence-corrected chi connectivity index (χ2v) is 6.79. The molecule has 146 valence electrons. The molecule has 0 fully saturated rings. The van der Waals surface area contributed by atoms with E-state index in [1.807, 2.05) is 0 Å². The molecular formula is C21H14Cl2N2O4. The lowest BCUT2D eigenvalue weighted by Crippen LogP contribution is -2.00. The van der Waals surface area contributed by atoms with E-state index in [0.717, 1.165) is 21.8 Å². The monoisotopic (exact) mass is 428 g/mol. The average molecular weight is 429 g/mol. The number of carbonyl (C=O) groups is 2. The Kier molecular flexibility index (Phi) is 6.26. The molecule has 2 aromatic carbocycles. The summed E-state index contributed by atoms with van der Waals surface area (Å²) in [7, 11) is 1.35. The summed E-state index contributed by atoms with van der Waals surface area (Å²) < 4.78 is 4.62. The number of carboxylic acid groups (broad SMARTS) is 1. The first-order valence-corrected chi connectivity index (χ1v) is 9.05. The normalized spacial score (nSPS) is 10.3. The minimum atomic E-state index is -0.952. The van der Waals surface area contributed by atoms with Gasteiger partial charge in [0.05, 0.1) is 39.3 Å².